The van der Waals surface area contributed by atoms with E-state index in [1.807, 2.05) is 27.6 Å². The van der Waals surface area contributed by atoms with Crippen LogP contribution in [0, 0.1) is 17.7 Å². The summed E-state index contributed by atoms with van der Waals surface area (Å²) in [6, 6.07) is 11.9. The zero-order valence-corrected chi connectivity index (χ0v) is 20.1. The zero-order valence-electron chi connectivity index (χ0n) is 20.1. The number of halogens is 1. The van der Waals surface area contributed by atoms with Crippen molar-refractivity contribution in [2.24, 2.45) is 0 Å². The van der Waals surface area contributed by atoms with Crippen molar-refractivity contribution in [3.05, 3.63) is 72.7 Å². The minimum absolute atomic E-state index is 0.0817. The highest BCUT2D eigenvalue weighted by Crippen LogP contribution is 2.35. The van der Waals surface area contributed by atoms with Crippen LogP contribution >= 0.6 is 0 Å². The Morgan fingerprint density at radius 3 is 2.72 bits per heavy atom. The van der Waals surface area contributed by atoms with Gasteiger partial charge in [0.15, 0.2) is 11.5 Å². The Bertz CT molecular complexity index is 1470. The van der Waals surface area contributed by atoms with Gasteiger partial charge in [0.05, 0.1) is 30.6 Å². The standard InChI is InChI=1S/C28H25FN4O3/c1-3-7-25(34)32-16-5-4-8-21(32)28-31-27(22-18-30-15-17-33(22)28)19-11-13-20(14-12-19)36-24-10-6-9-23(35-2)26(24)29/h6,9-15,17-18,21H,4-5,8,16H2,1-2H3/t21-/m0/s1. The molecule has 0 unspecified atom stereocenters. The van der Waals surface area contributed by atoms with Crippen LogP contribution in [0.15, 0.2) is 61.1 Å². The molecule has 8 heteroatoms. The van der Waals surface area contributed by atoms with E-state index < -0.39 is 5.82 Å². The second-order valence-corrected chi connectivity index (χ2v) is 8.43. The van der Waals surface area contributed by atoms with E-state index in [9.17, 15) is 9.18 Å². The second kappa shape index (κ2) is 10.1. The summed E-state index contributed by atoms with van der Waals surface area (Å²) < 4.78 is 27.3. The number of hydrogen-bond acceptors (Lipinski definition) is 5. The largest absolute Gasteiger partial charge is 0.494 e. The topological polar surface area (TPSA) is 69.0 Å². The summed E-state index contributed by atoms with van der Waals surface area (Å²) in [6.45, 7) is 2.32. The Balaban J connectivity index is 1.49. The molecule has 182 valence electrons. The van der Waals surface area contributed by atoms with Crippen molar-refractivity contribution >= 4 is 11.4 Å². The van der Waals surface area contributed by atoms with Gasteiger partial charge >= 0.3 is 0 Å². The number of rotatable bonds is 5. The maximum absolute atomic E-state index is 14.5. The van der Waals surface area contributed by atoms with Crippen LogP contribution in [0.1, 0.15) is 38.1 Å². The number of piperidine rings is 1. The first-order chi connectivity index (χ1) is 17.6. The molecule has 36 heavy (non-hydrogen) atoms. The molecule has 4 aromatic rings. The molecule has 1 atom stereocenters. The van der Waals surface area contributed by atoms with Gasteiger partial charge in [0, 0.05) is 24.5 Å². The fourth-order valence-electron chi connectivity index (χ4n) is 4.57. The van der Waals surface area contributed by atoms with Gasteiger partial charge in [0.25, 0.3) is 5.91 Å². The van der Waals surface area contributed by atoms with Gasteiger partial charge in [-0.3, -0.25) is 14.2 Å². The van der Waals surface area contributed by atoms with E-state index in [0.29, 0.717) is 12.3 Å². The number of amides is 1. The molecule has 1 saturated heterocycles. The van der Waals surface area contributed by atoms with E-state index in [-0.39, 0.29) is 23.4 Å². The summed E-state index contributed by atoms with van der Waals surface area (Å²) in [5.74, 6) is 6.13. The number of carbonyl (C=O) groups is 1. The molecule has 1 fully saturated rings. The lowest BCUT2D eigenvalue weighted by Crippen LogP contribution is -2.38. The molecule has 3 heterocycles. The number of carbonyl (C=O) groups excluding carboxylic acids is 1. The van der Waals surface area contributed by atoms with Crippen LogP contribution in [-0.4, -0.2) is 38.8 Å². The first kappa shape index (κ1) is 23.4. The summed E-state index contributed by atoms with van der Waals surface area (Å²) in [6.07, 6.45) is 8.12. The van der Waals surface area contributed by atoms with E-state index in [2.05, 4.69) is 16.8 Å². The fourth-order valence-corrected chi connectivity index (χ4v) is 4.57. The quantitative estimate of drug-likeness (QED) is 0.354. The maximum Gasteiger partial charge on any atom is 0.299 e. The summed E-state index contributed by atoms with van der Waals surface area (Å²) in [7, 11) is 1.41. The number of benzene rings is 2. The number of aromatic nitrogens is 3. The van der Waals surface area contributed by atoms with E-state index >= 15 is 0 Å². The van der Waals surface area contributed by atoms with Gasteiger partial charge in [0.2, 0.25) is 5.82 Å². The Kier molecular flexibility index (Phi) is 6.54. The molecule has 0 saturated carbocycles. The number of fused-ring (bicyclic) bond motifs is 1. The smallest absolute Gasteiger partial charge is 0.299 e. The molecular formula is C28H25FN4O3. The number of imidazole rings is 1. The van der Waals surface area contributed by atoms with Crippen molar-refractivity contribution in [3.8, 4) is 40.3 Å². The van der Waals surface area contributed by atoms with E-state index in [4.69, 9.17) is 14.5 Å². The number of likely N-dealkylation sites (tertiary alicyclic amines) is 1. The van der Waals surface area contributed by atoms with Crippen LogP contribution in [0.4, 0.5) is 4.39 Å². The van der Waals surface area contributed by atoms with E-state index in [1.54, 1.807) is 43.6 Å². The number of hydrogen-bond donors (Lipinski definition) is 0. The number of methoxy groups -OCH3 is 1. The minimum atomic E-state index is -0.556. The van der Waals surface area contributed by atoms with Gasteiger partial charge in [-0.25, -0.2) is 4.98 Å². The zero-order chi connectivity index (χ0) is 25.1. The summed E-state index contributed by atoms with van der Waals surface area (Å²) in [5, 5.41) is 0. The normalized spacial score (nSPS) is 15.3. The van der Waals surface area contributed by atoms with Crippen molar-refractivity contribution in [3.63, 3.8) is 0 Å². The lowest BCUT2D eigenvalue weighted by Gasteiger charge is -2.33. The molecular weight excluding hydrogens is 459 g/mol. The van der Waals surface area contributed by atoms with Crippen LogP contribution in [0.2, 0.25) is 0 Å². The molecule has 0 radical (unpaired) electrons. The van der Waals surface area contributed by atoms with Gasteiger partial charge in [-0.2, -0.15) is 4.39 Å². The van der Waals surface area contributed by atoms with Crippen LogP contribution in [0.5, 0.6) is 17.2 Å². The molecule has 0 bridgehead atoms. The molecule has 7 nitrogen and oxygen atoms in total. The molecule has 0 aliphatic carbocycles. The molecule has 1 aliphatic rings. The van der Waals surface area contributed by atoms with E-state index in [0.717, 1.165) is 41.9 Å². The van der Waals surface area contributed by atoms with Crippen molar-refractivity contribution in [1.82, 2.24) is 19.3 Å². The van der Waals surface area contributed by atoms with Crippen molar-refractivity contribution in [2.75, 3.05) is 13.7 Å². The average molecular weight is 485 g/mol. The Morgan fingerprint density at radius 2 is 1.94 bits per heavy atom. The van der Waals surface area contributed by atoms with Crippen LogP contribution in [0.3, 0.4) is 0 Å². The van der Waals surface area contributed by atoms with Crippen LogP contribution < -0.4 is 9.47 Å². The second-order valence-electron chi connectivity index (χ2n) is 8.43. The van der Waals surface area contributed by atoms with Gasteiger partial charge in [0.1, 0.15) is 11.6 Å². The third-order valence-corrected chi connectivity index (χ3v) is 6.27. The SMILES string of the molecule is CC#CC(=O)N1CCCC[C@H]1c1nc(-c2ccc(Oc3cccc(OC)c3F)cc2)c2cnccn12. The predicted molar refractivity (Wildman–Crippen MR) is 133 cm³/mol. The highest BCUT2D eigenvalue weighted by Gasteiger charge is 2.31. The Morgan fingerprint density at radius 1 is 1.14 bits per heavy atom. The Labute approximate surface area is 208 Å². The maximum atomic E-state index is 14.5. The van der Waals surface area contributed by atoms with Crippen molar-refractivity contribution in [2.45, 2.75) is 32.2 Å². The van der Waals surface area contributed by atoms with Crippen molar-refractivity contribution < 1.29 is 18.7 Å². The van der Waals surface area contributed by atoms with Crippen LogP contribution in [-0.2, 0) is 4.79 Å². The lowest BCUT2D eigenvalue weighted by molar-refractivity contribution is -0.129. The van der Waals surface area contributed by atoms with Crippen molar-refractivity contribution in [1.29, 1.82) is 0 Å². The molecule has 2 aromatic heterocycles. The first-order valence-electron chi connectivity index (χ1n) is 11.8. The monoisotopic (exact) mass is 484 g/mol. The number of ether oxygens (including phenoxy) is 2. The highest BCUT2D eigenvalue weighted by atomic mass is 19.1. The molecule has 1 aliphatic heterocycles. The molecule has 0 N–H and O–H groups in total. The summed E-state index contributed by atoms with van der Waals surface area (Å²) in [5.41, 5.74) is 2.43. The average Bonchev–Trinajstić information content (AvgIpc) is 3.30. The lowest BCUT2D eigenvalue weighted by atomic mass is 10.0. The highest BCUT2D eigenvalue weighted by molar-refractivity contribution is 5.93. The van der Waals surface area contributed by atoms with Crippen LogP contribution in [0.25, 0.3) is 16.8 Å². The van der Waals surface area contributed by atoms with Gasteiger partial charge in [-0.15, -0.1) is 0 Å². The molecule has 0 spiro atoms. The van der Waals surface area contributed by atoms with Gasteiger partial charge < -0.3 is 14.4 Å². The predicted octanol–water partition coefficient (Wildman–Crippen LogP) is 5.41. The van der Waals surface area contributed by atoms with Gasteiger partial charge in [-0.1, -0.05) is 12.0 Å². The van der Waals surface area contributed by atoms with E-state index in [1.165, 1.54) is 13.2 Å². The summed E-state index contributed by atoms with van der Waals surface area (Å²) >= 11 is 0. The summed E-state index contributed by atoms with van der Waals surface area (Å²) in [4.78, 5) is 23.8. The molecule has 2 aromatic carbocycles. The third kappa shape index (κ3) is 4.36. The molecule has 1 amide bonds. The number of nitrogens with zero attached hydrogens (tertiary/aromatic N) is 4. The fraction of sp³-hybridized carbons (Fsp3) is 0.250. The first-order valence-corrected chi connectivity index (χ1v) is 11.8. The Hall–Kier alpha value is -4.38. The van der Waals surface area contributed by atoms with Gasteiger partial charge in [-0.05, 0) is 68.5 Å². The molecule has 5 rings (SSSR count). The minimum Gasteiger partial charge on any atom is -0.494 e. The third-order valence-electron chi connectivity index (χ3n) is 6.27.